The van der Waals surface area contributed by atoms with Gasteiger partial charge in [-0.05, 0) is 62.4 Å². The number of allylic oxidation sites excluding steroid dienone is 4. The molecule has 5 nitrogen and oxygen atoms in total. The fraction of sp³-hybridized carbons (Fsp3) is 0.360. The highest BCUT2D eigenvalue weighted by atomic mass is 16.7. The topological polar surface area (TPSA) is 64.4 Å². The van der Waals surface area contributed by atoms with Crippen LogP contribution in [-0.4, -0.2) is 18.4 Å². The summed E-state index contributed by atoms with van der Waals surface area (Å²) in [6.07, 6.45) is 11.0. The van der Waals surface area contributed by atoms with E-state index in [1.54, 1.807) is 0 Å². The Morgan fingerprint density at radius 2 is 1.87 bits per heavy atom. The number of rotatable bonds is 8. The third-order valence-electron chi connectivity index (χ3n) is 5.37. The second-order valence-corrected chi connectivity index (χ2v) is 8.28. The molecule has 30 heavy (non-hydrogen) atoms. The quantitative estimate of drug-likeness (QED) is 0.523. The van der Waals surface area contributed by atoms with Crippen LogP contribution in [0.15, 0.2) is 54.6 Å². The number of ether oxygens (including phenoxy) is 3. The maximum Gasteiger partial charge on any atom is 0.231 e. The summed E-state index contributed by atoms with van der Waals surface area (Å²) in [5, 5.41) is 9.14. The lowest BCUT2D eigenvalue weighted by molar-refractivity contribution is 0.174. The molecule has 0 radical (unpaired) electrons. The largest absolute Gasteiger partial charge is 0.478 e. The zero-order valence-corrected chi connectivity index (χ0v) is 17.4. The minimum absolute atomic E-state index is 0.151. The lowest BCUT2D eigenvalue weighted by Gasteiger charge is -2.15. The van der Waals surface area contributed by atoms with Gasteiger partial charge in [0.15, 0.2) is 11.5 Å². The molecule has 154 valence electrons. The molecule has 0 amide bonds. The Morgan fingerprint density at radius 1 is 1.07 bits per heavy atom. The smallest absolute Gasteiger partial charge is 0.231 e. The van der Waals surface area contributed by atoms with Gasteiger partial charge in [-0.3, -0.25) is 0 Å². The normalized spacial score (nSPS) is 14.8. The molecule has 0 fully saturated rings. The number of pyridine rings is 1. The van der Waals surface area contributed by atoms with E-state index < -0.39 is 0 Å². The molecule has 0 N–H and O–H groups in total. The van der Waals surface area contributed by atoms with Crippen molar-refractivity contribution in [3.63, 3.8) is 0 Å². The van der Waals surface area contributed by atoms with Gasteiger partial charge in [-0.2, -0.15) is 5.26 Å². The molecule has 0 bridgehead atoms. The highest BCUT2D eigenvalue weighted by Crippen LogP contribution is 2.37. The zero-order chi connectivity index (χ0) is 21.0. The molecule has 0 saturated heterocycles. The third-order valence-corrected chi connectivity index (χ3v) is 5.37. The molecule has 0 unspecified atom stereocenters. The summed E-state index contributed by atoms with van der Waals surface area (Å²) in [5.41, 5.74) is 2.74. The van der Waals surface area contributed by atoms with Gasteiger partial charge in [0.05, 0.1) is 23.8 Å². The van der Waals surface area contributed by atoms with Crippen molar-refractivity contribution < 1.29 is 14.2 Å². The van der Waals surface area contributed by atoms with Crippen LogP contribution in [0, 0.1) is 16.7 Å². The molecule has 0 atom stereocenters. The molecule has 2 aliphatic rings. The van der Waals surface area contributed by atoms with Gasteiger partial charge >= 0.3 is 0 Å². The van der Waals surface area contributed by atoms with Crippen LogP contribution < -0.4 is 14.2 Å². The van der Waals surface area contributed by atoms with Crippen LogP contribution in [0.2, 0.25) is 0 Å². The standard InChI is InChI=1S/C25H26N2O3/c1-25(2,16-26)11-5-6-12-28-24-15-20(13-21(27-24)18-7-3-4-8-18)19-9-10-22-23(14-19)30-17-29-22/h3-4,7-10,13-15,18H,5-6,11-12,17H2,1-2H3. The predicted molar refractivity (Wildman–Crippen MR) is 116 cm³/mol. The maximum absolute atomic E-state index is 9.14. The van der Waals surface area contributed by atoms with E-state index in [1.165, 1.54) is 0 Å². The van der Waals surface area contributed by atoms with E-state index >= 15 is 0 Å². The molecule has 1 aromatic heterocycles. The van der Waals surface area contributed by atoms with Gasteiger partial charge in [0.1, 0.15) is 0 Å². The van der Waals surface area contributed by atoms with Crippen molar-refractivity contribution >= 4 is 0 Å². The Kier molecular flexibility index (Phi) is 5.76. The molecular formula is C25H26N2O3. The van der Waals surface area contributed by atoms with Crippen LogP contribution in [0.25, 0.3) is 11.1 Å². The average molecular weight is 402 g/mol. The summed E-state index contributed by atoms with van der Waals surface area (Å²) in [5.74, 6) is 2.30. The minimum Gasteiger partial charge on any atom is -0.478 e. The van der Waals surface area contributed by atoms with Crippen molar-refractivity contribution in [3.05, 3.63) is 60.3 Å². The predicted octanol–water partition coefficient (Wildman–Crippen LogP) is 5.79. The van der Waals surface area contributed by atoms with Gasteiger partial charge in [0, 0.05) is 12.0 Å². The maximum atomic E-state index is 9.14. The number of unbranched alkanes of at least 4 members (excludes halogenated alkanes) is 1. The van der Waals surface area contributed by atoms with Crippen LogP contribution >= 0.6 is 0 Å². The molecule has 1 aliphatic heterocycles. The van der Waals surface area contributed by atoms with Gasteiger partial charge in [-0.1, -0.05) is 30.4 Å². The lowest BCUT2D eigenvalue weighted by Crippen LogP contribution is -2.09. The van der Waals surface area contributed by atoms with Crippen molar-refractivity contribution in [2.75, 3.05) is 13.4 Å². The van der Waals surface area contributed by atoms with Gasteiger partial charge in [0.2, 0.25) is 12.7 Å². The summed E-state index contributed by atoms with van der Waals surface area (Å²) < 4.78 is 17.0. The number of fused-ring (bicyclic) bond motifs is 1. The van der Waals surface area contributed by atoms with E-state index in [0.717, 1.165) is 47.6 Å². The molecule has 0 spiro atoms. The number of benzene rings is 1. The molecule has 0 saturated carbocycles. The average Bonchev–Trinajstić information content (AvgIpc) is 3.44. The summed E-state index contributed by atoms with van der Waals surface area (Å²) in [6, 6.07) is 12.4. The number of nitrogens with zero attached hydrogens (tertiary/aromatic N) is 2. The second kappa shape index (κ2) is 8.62. The fourth-order valence-corrected chi connectivity index (χ4v) is 3.54. The summed E-state index contributed by atoms with van der Waals surface area (Å²) in [7, 11) is 0. The number of hydrogen-bond acceptors (Lipinski definition) is 5. The monoisotopic (exact) mass is 402 g/mol. The Morgan fingerprint density at radius 3 is 2.67 bits per heavy atom. The van der Waals surface area contributed by atoms with Crippen molar-refractivity contribution in [1.29, 1.82) is 5.26 Å². The Balaban J connectivity index is 1.51. The zero-order valence-electron chi connectivity index (χ0n) is 17.4. The van der Waals surface area contributed by atoms with Crippen molar-refractivity contribution in [1.82, 2.24) is 4.98 Å². The molecule has 2 heterocycles. The van der Waals surface area contributed by atoms with Crippen LogP contribution in [-0.2, 0) is 0 Å². The lowest BCUT2D eigenvalue weighted by atomic mass is 9.89. The molecule has 5 heteroatoms. The second-order valence-electron chi connectivity index (χ2n) is 8.28. The highest BCUT2D eigenvalue weighted by molar-refractivity contribution is 5.69. The van der Waals surface area contributed by atoms with E-state index in [1.807, 2.05) is 50.3 Å². The first-order chi connectivity index (χ1) is 14.5. The molecule has 1 aromatic carbocycles. The Hall–Kier alpha value is -3.26. The first-order valence-corrected chi connectivity index (χ1v) is 10.4. The van der Waals surface area contributed by atoms with Gasteiger partial charge in [-0.15, -0.1) is 0 Å². The molecular weight excluding hydrogens is 376 g/mol. The van der Waals surface area contributed by atoms with E-state index in [4.69, 9.17) is 24.5 Å². The summed E-state index contributed by atoms with van der Waals surface area (Å²) in [4.78, 5) is 4.74. The van der Waals surface area contributed by atoms with E-state index in [0.29, 0.717) is 12.5 Å². The van der Waals surface area contributed by atoms with Crippen LogP contribution in [0.1, 0.15) is 44.7 Å². The van der Waals surface area contributed by atoms with E-state index in [9.17, 15) is 0 Å². The van der Waals surface area contributed by atoms with Crippen molar-refractivity contribution in [2.24, 2.45) is 5.41 Å². The SMILES string of the molecule is CC(C)(C#N)CCCCOc1cc(-c2ccc3c(c2)OCO3)cc(C2C=CC=C2)n1. The van der Waals surface area contributed by atoms with Crippen LogP contribution in [0.3, 0.4) is 0 Å². The van der Waals surface area contributed by atoms with E-state index in [2.05, 4.69) is 24.3 Å². The van der Waals surface area contributed by atoms with Gasteiger partial charge in [-0.25, -0.2) is 4.98 Å². The molecule has 1 aliphatic carbocycles. The van der Waals surface area contributed by atoms with Crippen LogP contribution in [0.4, 0.5) is 0 Å². The van der Waals surface area contributed by atoms with Gasteiger partial charge in [0.25, 0.3) is 0 Å². The highest BCUT2D eigenvalue weighted by Gasteiger charge is 2.18. The van der Waals surface area contributed by atoms with Crippen LogP contribution in [0.5, 0.6) is 17.4 Å². The molecule has 4 rings (SSSR count). The Bertz CT molecular complexity index is 1010. The van der Waals surface area contributed by atoms with E-state index in [-0.39, 0.29) is 18.1 Å². The van der Waals surface area contributed by atoms with Crippen molar-refractivity contribution in [3.8, 4) is 34.6 Å². The third kappa shape index (κ3) is 4.65. The Labute approximate surface area is 177 Å². The number of aromatic nitrogens is 1. The first-order valence-electron chi connectivity index (χ1n) is 10.4. The van der Waals surface area contributed by atoms with Gasteiger partial charge < -0.3 is 14.2 Å². The number of hydrogen-bond donors (Lipinski definition) is 0. The fourth-order valence-electron chi connectivity index (χ4n) is 3.54. The molecule has 2 aromatic rings. The summed E-state index contributed by atoms with van der Waals surface area (Å²) in [6.45, 7) is 4.78. The first kappa shape index (κ1) is 20.0. The summed E-state index contributed by atoms with van der Waals surface area (Å²) >= 11 is 0. The minimum atomic E-state index is -0.286. The van der Waals surface area contributed by atoms with Crippen molar-refractivity contribution in [2.45, 2.75) is 39.0 Å². The number of nitriles is 1.